The lowest BCUT2D eigenvalue weighted by atomic mass is 10.0. The van der Waals surface area contributed by atoms with Crippen molar-refractivity contribution in [3.8, 4) is 0 Å². The van der Waals surface area contributed by atoms with Crippen molar-refractivity contribution in [2.45, 2.75) is 41.0 Å². The number of hydrogen-bond donors (Lipinski definition) is 1. The first-order chi connectivity index (χ1) is 6.49. The Balaban J connectivity index is 4.39. The summed E-state index contributed by atoms with van der Waals surface area (Å²) in [6.07, 6.45) is 2.84. The first-order valence-corrected chi connectivity index (χ1v) is 5.48. The zero-order valence-corrected chi connectivity index (χ0v) is 10.1. The molecule has 2 heteroatoms. The van der Waals surface area contributed by atoms with Crippen LogP contribution in [0.1, 0.15) is 41.0 Å². The molecule has 0 aliphatic heterocycles. The normalized spacial score (nSPS) is 12.4. The Labute approximate surface area is 87.8 Å². The summed E-state index contributed by atoms with van der Waals surface area (Å²) < 4.78 is 0. The molecule has 0 aliphatic rings. The number of carbonyl (C=O) groups excluding carboxylic acids is 1. The predicted octanol–water partition coefficient (Wildman–Crippen LogP) is 2.75. The Morgan fingerprint density at radius 3 is 2.14 bits per heavy atom. The molecular weight excluding hydrogens is 174 g/mol. The van der Waals surface area contributed by atoms with Gasteiger partial charge < -0.3 is 5.32 Å². The number of allylic oxidation sites excluding steroid dienone is 2. The SMILES string of the molecule is CCCN/C(=C\C(=O)C(C)C)C(C)C. The summed E-state index contributed by atoms with van der Waals surface area (Å²) in [5.74, 6) is 0.689. The summed E-state index contributed by atoms with van der Waals surface area (Å²) in [7, 11) is 0. The molecule has 1 N–H and O–H groups in total. The second-order valence-corrected chi connectivity index (χ2v) is 4.24. The zero-order valence-electron chi connectivity index (χ0n) is 10.1. The predicted molar refractivity (Wildman–Crippen MR) is 61.1 cm³/mol. The number of carbonyl (C=O) groups is 1. The van der Waals surface area contributed by atoms with Gasteiger partial charge in [0, 0.05) is 24.2 Å². The number of ketones is 1. The fourth-order valence-corrected chi connectivity index (χ4v) is 1.01. The highest BCUT2D eigenvalue weighted by atomic mass is 16.1. The summed E-state index contributed by atoms with van der Waals surface area (Å²) in [4.78, 5) is 11.5. The van der Waals surface area contributed by atoms with Gasteiger partial charge in [-0.3, -0.25) is 4.79 Å². The molecule has 2 nitrogen and oxygen atoms in total. The van der Waals surface area contributed by atoms with Crippen LogP contribution in [-0.2, 0) is 4.79 Å². The van der Waals surface area contributed by atoms with Crippen molar-refractivity contribution >= 4 is 5.78 Å². The molecule has 0 saturated heterocycles. The van der Waals surface area contributed by atoms with Gasteiger partial charge in [0.25, 0.3) is 0 Å². The minimum Gasteiger partial charge on any atom is -0.388 e. The Bertz CT molecular complexity index is 204. The van der Waals surface area contributed by atoms with Gasteiger partial charge in [-0.15, -0.1) is 0 Å². The van der Waals surface area contributed by atoms with Crippen LogP contribution in [0.15, 0.2) is 11.8 Å². The third-order valence-corrected chi connectivity index (χ3v) is 2.07. The van der Waals surface area contributed by atoms with Crippen molar-refractivity contribution in [1.29, 1.82) is 0 Å². The van der Waals surface area contributed by atoms with Gasteiger partial charge in [-0.05, 0) is 12.3 Å². The first kappa shape index (κ1) is 13.2. The van der Waals surface area contributed by atoms with Crippen molar-refractivity contribution in [2.24, 2.45) is 11.8 Å². The zero-order chi connectivity index (χ0) is 11.1. The smallest absolute Gasteiger partial charge is 0.159 e. The molecular formula is C12H23NO. The quantitative estimate of drug-likeness (QED) is 0.663. The standard InChI is InChI=1S/C12H23NO/c1-6-7-13-11(9(2)3)8-12(14)10(4)5/h8-10,13H,6-7H2,1-5H3/b11-8-. The van der Waals surface area contributed by atoms with Crippen molar-refractivity contribution in [1.82, 2.24) is 5.32 Å². The van der Waals surface area contributed by atoms with E-state index in [1.807, 2.05) is 13.8 Å². The highest BCUT2D eigenvalue weighted by Crippen LogP contribution is 2.08. The maximum atomic E-state index is 11.5. The van der Waals surface area contributed by atoms with E-state index >= 15 is 0 Å². The Kier molecular flexibility index (Phi) is 6.26. The molecule has 0 spiro atoms. The van der Waals surface area contributed by atoms with E-state index < -0.39 is 0 Å². The molecule has 0 radical (unpaired) electrons. The molecule has 0 atom stereocenters. The molecule has 0 aromatic carbocycles. The summed E-state index contributed by atoms with van der Waals surface area (Å²) in [6, 6.07) is 0. The van der Waals surface area contributed by atoms with Crippen molar-refractivity contribution in [3.05, 3.63) is 11.8 Å². The number of hydrogen-bond acceptors (Lipinski definition) is 2. The van der Waals surface area contributed by atoms with E-state index in [9.17, 15) is 4.79 Å². The van der Waals surface area contributed by atoms with Crippen LogP contribution < -0.4 is 5.32 Å². The summed E-state index contributed by atoms with van der Waals surface area (Å²) >= 11 is 0. The lowest BCUT2D eigenvalue weighted by Crippen LogP contribution is -2.20. The molecule has 0 aromatic rings. The highest BCUT2D eigenvalue weighted by molar-refractivity contribution is 5.91. The lowest BCUT2D eigenvalue weighted by Gasteiger charge is -2.14. The van der Waals surface area contributed by atoms with E-state index in [0.29, 0.717) is 5.92 Å². The fourth-order valence-electron chi connectivity index (χ4n) is 1.01. The topological polar surface area (TPSA) is 29.1 Å². The van der Waals surface area contributed by atoms with Gasteiger partial charge in [0.1, 0.15) is 0 Å². The largest absolute Gasteiger partial charge is 0.388 e. The third kappa shape index (κ3) is 5.05. The Morgan fingerprint density at radius 2 is 1.79 bits per heavy atom. The van der Waals surface area contributed by atoms with Crippen molar-refractivity contribution in [2.75, 3.05) is 6.54 Å². The maximum absolute atomic E-state index is 11.5. The number of rotatable bonds is 6. The van der Waals surface area contributed by atoms with E-state index in [0.717, 1.165) is 18.7 Å². The van der Waals surface area contributed by atoms with Gasteiger partial charge in [0.15, 0.2) is 5.78 Å². The summed E-state index contributed by atoms with van der Waals surface area (Å²) in [6.45, 7) is 11.1. The third-order valence-electron chi connectivity index (χ3n) is 2.07. The van der Waals surface area contributed by atoms with Crippen molar-refractivity contribution < 1.29 is 4.79 Å². The van der Waals surface area contributed by atoms with Crippen LogP contribution in [-0.4, -0.2) is 12.3 Å². The molecule has 0 aliphatic carbocycles. The van der Waals surface area contributed by atoms with Crippen LogP contribution in [0.3, 0.4) is 0 Å². The van der Waals surface area contributed by atoms with Crippen molar-refractivity contribution in [3.63, 3.8) is 0 Å². The maximum Gasteiger partial charge on any atom is 0.159 e. The van der Waals surface area contributed by atoms with Crippen LogP contribution in [0.4, 0.5) is 0 Å². The molecule has 0 aromatic heterocycles. The van der Waals surface area contributed by atoms with Gasteiger partial charge in [-0.1, -0.05) is 34.6 Å². The van der Waals surface area contributed by atoms with Crippen LogP contribution in [0.5, 0.6) is 0 Å². The van der Waals surface area contributed by atoms with Gasteiger partial charge >= 0.3 is 0 Å². The molecule has 0 amide bonds. The molecule has 82 valence electrons. The second kappa shape index (κ2) is 6.63. The average molecular weight is 197 g/mol. The van der Waals surface area contributed by atoms with Crippen LogP contribution in [0.2, 0.25) is 0 Å². The molecule has 0 unspecified atom stereocenters. The Morgan fingerprint density at radius 1 is 1.21 bits per heavy atom. The first-order valence-electron chi connectivity index (χ1n) is 5.48. The van der Waals surface area contributed by atoms with Crippen LogP contribution in [0, 0.1) is 11.8 Å². The minimum absolute atomic E-state index is 0.0900. The molecule has 14 heavy (non-hydrogen) atoms. The molecule has 0 heterocycles. The molecule has 0 bridgehead atoms. The van der Waals surface area contributed by atoms with Crippen LogP contribution >= 0.6 is 0 Å². The monoisotopic (exact) mass is 197 g/mol. The Hall–Kier alpha value is -0.790. The van der Waals surface area contributed by atoms with Gasteiger partial charge in [-0.25, -0.2) is 0 Å². The van der Waals surface area contributed by atoms with E-state index in [2.05, 4.69) is 26.1 Å². The van der Waals surface area contributed by atoms with Gasteiger partial charge in [0.05, 0.1) is 0 Å². The fraction of sp³-hybridized carbons (Fsp3) is 0.750. The van der Waals surface area contributed by atoms with E-state index in [1.54, 1.807) is 6.08 Å². The van der Waals surface area contributed by atoms with Gasteiger partial charge in [0.2, 0.25) is 0 Å². The average Bonchev–Trinajstić information content (AvgIpc) is 2.10. The summed E-state index contributed by atoms with van der Waals surface area (Å²) in [5.41, 5.74) is 1.06. The molecule has 0 rings (SSSR count). The minimum atomic E-state index is 0.0900. The van der Waals surface area contributed by atoms with E-state index in [4.69, 9.17) is 0 Å². The van der Waals surface area contributed by atoms with E-state index in [1.165, 1.54) is 0 Å². The second-order valence-electron chi connectivity index (χ2n) is 4.24. The molecule has 0 fully saturated rings. The van der Waals surface area contributed by atoms with Crippen LogP contribution in [0.25, 0.3) is 0 Å². The highest BCUT2D eigenvalue weighted by Gasteiger charge is 2.08. The summed E-state index contributed by atoms with van der Waals surface area (Å²) in [5, 5.41) is 3.29. The lowest BCUT2D eigenvalue weighted by molar-refractivity contribution is -0.117. The van der Waals surface area contributed by atoms with Gasteiger partial charge in [-0.2, -0.15) is 0 Å². The van der Waals surface area contributed by atoms with E-state index in [-0.39, 0.29) is 11.7 Å². The molecule has 0 saturated carbocycles. The number of nitrogens with one attached hydrogen (secondary N) is 1.